The molecule has 4 nitrogen and oxygen atoms in total. The van der Waals surface area contributed by atoms with E-state index in [9.17, 15) is 4.79 Å². The second-order valence-corrected chi connectivity index (χ2v) is 3.49. The van der Waals surface area contributed by atoms with E-state index in [4.69, 9.17) is 21.1 Å². The second kappa shape index (κ2) is 3.93. The highest BCUT2D eigenvalue weighted by atomic mass is 35.5. The van der Waals surface area contributed by atoms with E-state index in [2.05, 4.69) is 4.99 Å². The lowest BCUT2D eigenvalue weighted by atomic mass is 10.1. The molecular formula is C10H8ClNO3. The first kappa shape index (κ1) is 10.0. The molecular weight excluding hydrogens is 218 g/mol. The Morgan fingerprint density at radius 3 is 3.13 bits per heavy atom. The molecule has 0 spiro atoms. The van der Waals surface area contributed by atoms with Crippen LogP contribution in [0.1, 0.15) is 11.1 Å². The second-order valence-electron chi connectivity index (χ2n) is 3.12. The average molecular weight is 226 g/mol. The van der Waals surface area contributed by atoms with E-state index in [0.29, 0.717) is 16.5 Å². The Morgan fingerprint density at radius 2 is 2.40 bits per heavy atom. The molecule has 0 radical (unpaired) electrons. The number of hydrogen-bond donors (Lipinski definition) is 0. The molecule has 1 aliphatic rings. The van der Waals surface area contributed by atoms with E-state index in [1.54, 1.807) is 6.07 Å². The Balaban J connectivity index is 2.48. The first-order valence-electron chi connectivity index (χ1n) is 4.35. The number of hydrogen-bond acceptors (Lipinski definition) is 4. The molecule has 0 fully saturated rings. The number of fused-ring (bicyclic) bond motifs is 1. The van der Waals surface area contributed by atoms with E-state index in [-0.39, 0.29) is 13.3 Å². The Morgan fingerprint density at radius 1 is 1.60 bits per heavy atom. The zero-order valence-electron chi connectivity index (χ0n) is 8.04. The highest BCUT2D eigenvalue weighted by molar-refractivity contribution is 6.33. The van der Waals surface area contributed by atoms with Crippen molar-refractivity contribution in [3.63, 3.8) is 0 Å². The van der Waals surface area contributed by atoms with Crippen LogP contribution in [0.15, 0.2) is 11.1 Å². The van der Waals surface area contributed by atoms with Crippen molar-refractivity contribution in [2.45, 2.75) is 13.5 Å². The maximum Gasteiger partial charge on any atom is 0.235 e. The number of ether oxygens (including phenoxy) is 2. The van der Waals surface area contributed by atoms with Gasteiger partial charge in [0.25, 0.3) is 0 Å². The zero-order valence-corrected chi connectivity index (χ0v) is 8.80. The largest absolute Gasteiger partial charge is 0.454 e. The number of aliphatic imine (C=N–C) groups is 1. The summed E-state index contributed by atoms with van der Waals surface area (Å²) in [5.74, 6) is 1.16. The number of benzene rings is 1. The average Bonchev–Trinajstić information content (AvgIpc) is 2.69. The zero-order chi connectivity index (χ0) is 10.8. The minimum atomic E-state index is 0.175. The fourth-order valence-electron chi connectivity index (χ4n) is 1.43. The van der Waals surface area contributed by atoms with Crippen LogP contribution in [0.2, 0.25) is 5.02 Å². The van der Waals surface area contributed by atoms with Gasteiger partial charge in [0.1, 0.15) is 0 Å². The van der Waals surface area contributed by atoms with Gasteiger partial charge in [-0.25, -0.2) is 9.79 Å². The Hall–Kier alpha value is -1.51. The third kappa shape index (κ3) is 1.69. The van der Waals surface area contributed by atoms with Crippen molar-refractivity contribution in [2.75, 3.05) is 6.79 Å². The van der Waals surface area contributed by atoms with Crippen molar-refractivity contribution in [1.29, 1.82) is 0 Å². The molecule has 15 heavy (non-hydrogen) atoms. The number of carbonyl (C=O) groups excluding carboxylic acids is 1. The number of nitrogens with zero attached hydrogens (tertiary/aromatic N) is 1. The molecule has 0 atom stereocenters. The van der Waals surface area contributed by atoms with Crippen LogP contribution in [-0.4, -0.2) is 12.9 Å². The van der Waals surface area contributed by atoms with Gasteiger partial charge in [-0.05, 0) is 24.1 Å². The van der Waals surface area contributed by atoms with Crippen LogP contribution in [0.25, 0.3) is 0 Å². The lowest BCUT2D eigenvalue weighted by Crippen LogP contribution is -1.93. The van der Waals surface area contributed by atoms with E-state index >= 15 is 0 Å². The van der Waals surface area contributed by atoms with Gasteiger partial charge < -0.3 is 9.47 Å². The first-order chi connectivity index (χ1) is 7.24. The van der Waals surface area contributed by atoms with Crippen molar-refractivity contribution in [3.05, 3.63) is 22.2 Å². The topological polar surface area (TPSA) is 47.9 Å². The fraction of sp³-hybridized carbons (Fsp3) is 0.300. The summed E-state index contributed by atoms with van der Waals surface area (Å²) < 4.78 is 10.4. The summed E-state index contributed by atoms with van der Waals surface area (Å²) in [6.45, 7) is 2.28. The lowest BCUT2D eigenvalue weighted by molar-refractivity contribution is 0.174. The van der Waals surface area contributed by atoms with Crippen LogP contribution < -0.4 is 9.47 Å². The molecule has 0 amide bonds. The van der Waals surface area contributed by atoms with Crippen molar-refractivity contribution in [3.8, 4) is 11.5 Å². The Kier molecular flexibility index (Phi) is 2.62. The van der Waals surface area contributed by atoms with Crippen LogP contribution in [0.3, 0.4) is 0 Å². The molecule has 0 bridgehead atoms. The fourth-order valence-corrected chi connectivity index (χ4v) is 1.70. The summed E-state index contributed by atoms with van der Waals surface area (Å²) in [6.07, 6.45) is 1.49. The normalized spacial score (nSPS) is 12.4. The highest BCUT2D eigenvalue weighted by Gasteiger charge is 2.20. The summed E-state index contributed by atoms with van der Waals surface area (Å²) >= 11 is 6.08. The predicted molar refractivity (Wildman–Crippen MR) is 54.1 cm³/mol. The monoisotopic (exact) mass is 225 g/mol. The van der Waals surface area contributed by atoms with E-state index in [1.807, 2.05) is 6.92 Å². The molecule has 1 aromatic rings. The van der Waals surface area contributed by atoms with Crippen LogP contribution in [0.4, 0.5) is 0 Å². The molecule has 0 aliphatic carbocycles. The molecule has 78 valence electrons. The minimum Gasteiger partial charge on any atom is -0.454 e. The molecule has 0 N–H and O–H groups in total. The standard InChI is InChI=1S/C10H8ClNO3/c1-6-7(3-12-4-13)2-8-10(9(6)11)15-5-14-8/h2H,3,5H2,1H3. The summed E-state index contributed by atoms with van der Waals surface area (Å²) in [4.78, 5) is 13.5. The number of isocyanates is 1. The minimum absolute atomic E-state index is 0.175. The summed E-state index contributed by atoms with van der Waals surface area (Å²) in [7, 11) is 0. The highest BCUT2D eigenvalue weighted by Crippen LogP contribution is 2.42. The first-order valence-corrected chi connectivity index (χ1v) is 4.73. The number of halogens is 1. The number of rotatable bonds is 2. The van der Waals surface area contributed by atoms with Gasteiger partial charge in [-0.2, -0.15) is 0 Å². The van der Waals surface area contributed by atoms with E-state index in [0.717, 1.165) is 11.1 Å². The van der Waals surface area contributed by atoms with Gasteiger partial charge in [-0.1, -0.05) is 11.6 Å². The molecule has 0 unspecified atom stereocenters. The molecule has 1 aromatic carbocycles. The molecule has 0 saturated heterocycles. The maximum absolute atomic E-state index is 10.0. The predicted octanol–water partition coefficient (Wildman–Crippen LogP) is 2.21. The van der Waals surface area contributed by atoms with Gasteiger partial charge in [-0.15, -0.1) is 0 Å². The third-order valence-electron chi connectivity index (χ3n) is 2.27. The van der Waals surface area contributed by atoms with Crippen LogP contribution in [-0.2, 0) is 11.3 Å². The molecule has 0 aromatic heterocycles. The van der Waals surface area contributed by atoms with Crippen LogP contribution >= 0.6 is 11.6 Å². The Bertz CT molecular complexity index is 452. The van der Waals surface area contributed by atoms with Gasteiger partial charge >= 0.3 is 0 Å². The molecule has 0 saturated carbocycles. The van der Waals surface area contributed by atoms with Gasteiger partial charge in [0, 0.05) is 0 Å². The van der Waals surface area contributed by atoms with Crippen molar-refractivity contribution in [2.24, 2.45) is 4.99 Å². The van der Waals surface area contributed by atoms with Gasteiger partial charge in [-0.3, -0.25) is 0 Å². The summed E-state index contributed by atoms with van der Waals surface area (Å²) in [5, 5.41) is 0.515. The Labute approximate surface area is 91.5 Å². The smallest absolute Gasteiger partial charge is 0.235 e. The van der Waals surface area contributed by atoms with Crippen LogP contribution in [0.5, 0.6) is 11.5 Å². The molecule has 1 heterocycles. The van der Waals surface area contributed by atoms with E-state index in [1.165, 1.54) is 6.08 Å². The van der Waals surface area contributed by atoms with Gasteiger partial charge in [0.2, 0.25) is 12.9 Å². The molecule has 2 rings (SSSR count). The summed E-state index contributed by atoms with van der Waals surface area (Å²) in [6, 6.07) is 1.78. The van der Waals surface area contributed by atoms with Gasteiger partial charge in [0.05, 0.1) is 11.6 Å². The summed E-state index contributed by atoms with van der Waals surface area (Å²) in [5.41, 5.74) is 1.69. The maximum atomic E-state index is 10.0. The third-order valence-corrected chi connectivity index (χ3v) is 2.73. The SMILES string of the molecule is Cc1c(CN=C=O)cc2c(c1Cl)OCO2. The van der Waals surface area contributed by atoms with Crippen molar-refractivity contribution >= 4 is 17.7 Å². The molecule has 1 aliphatic heterocycles. The van der Waals surface area contributed by atoms with E-state index < -0.39 is 0 Å². The van der Waals surface area contributed by atoms with Crippen molar-refractivity contribution < 1.29 is 14.3 Å². The van der Waals surface area contributed by atoms with Crippen molar-refractivity contribution in [1.82, 2.24) is 0 Å². The van der Waals surface area contributed by atoms with Crippen LogP contribution in [0, 0.1) is 6.92 Å². The van der Waals surface area contributed by atoms with Gasteiger partial charge in [0.15, 0.2) is 11.5 Å². The molecule has 5 heteroatoms. The quantitative estimate of drug-likeness (QED) is 0.573. The lowest BCUT2D eigenvalue weighted by Gasteiger charge is -2.07.